The Morgan fingerprint density at radius 1 is 1.03 bits per heavy atom. The topological polar surface area (TPSA) is 136 Å². The van der Waals surface area contributed by atoms with Crippen LogP contribution in [0.25, 0.3) is 0 Å². The van der Waals surface area contributed by atoms with Crippen molar-refractivity contribution >= 4 is 33.3 Å². The maximum absolute atomic E-state index is 11.9. The molecule has 0 saturated heterocycles. The molecule has 0 spiro atoms. The van der Waals surface area contributed by atoms with E-state index in [4.69, 9.17) is 9.29 Å². The number of halogens is 1. The summed E-state index contributed by atoms with van der Waals surface area (Å²) >= 11 is 0. The summed E-state index contributed by atoms with van der Waals surface area (Å²) < 4.78 is 40.3. The van der Waals surface area contributed by atoms with Crippen molar-refractivity contribution in [3.8, 4) is 0 Å². The summed E-state index contributed by atoms with van der Waals surface area (Å²) in [5, 5.41) is 2.52. The molecule has 1 rings (SSSR count). The van der Waals surface area contributed by atoms with E-state index < -0.39 is 21.6 Å². The van der Waals surface area contributed by atoms with Crippen LogP contribution >= 0.6 is 0 Å². The molecule has 9 nitrogen and oxygen atoms in total. The lowest BCUT2D eigenvalue weighted by Gasteiger charge is -2.24. The van der Waals surface area contributed by atoms with Gasteiger partial charge in [-0.25, -0.2) is 0 Å². The lowest BCUT2D eigenvalue weighted by molar-refractivity contribution is -0.141. The van der Waals surface area contributed by atoms with Gasteiger partial charge in [0.25, 0.3) is 10.1 Å². The number of hydrogen-bond acceptors (Lipinski definition) is 7. The van der Waals surface area contributed by atoms with Crippen LogP contribution in [0.3, 0.4) is 0 Å². The molecular formula is C22H44FNO8S. The molecule has 0 fully saturated rings. The molecule has 1 amide bonds. The van der Waals surface area contributed by atoms with Crippen molar-refractivity contribution in [2.45, 2.75) is 80.4 Å². The Balaban J connectivity index is -0.000000134. The van der Waals surface area contributed by atoms with Gasteiger partial charge in [-0.1, -0.05) is 29.7 Å². The zero-order valence-electron chi connectivity index (χ0n) is 17.2. The van der Waals surface area contributed by atoms with Gasteiger partial charge in [0, 0.05) is 19.9 Å². The van der Waals surface area contributed by atoms with Gasteiger partial charge in [-0.2, -0.15) is 8.42 Å². The fraction of sp³-hybridized carbons (Fsp3) is 0.591. The van der Waals surface area contributed by atoms with Gasteiger partial charge in [0.15, 0.2) is 11.6 Å². The van der Waals surface area contributed by atoms with Gasteiger partial charge in [0.2, 0.25) is 5.91 Å². The highest BCUT2D eigenvalue weighted by Crippen LogP contribution is 2.18. The second-order valence-corrected chi connectivity index (χ2v) is 7.63. The van der Waals surface area contributed by atoms with E-state index in [1.165, 1.54) is 47.1 Å². The predicted molar refractivity (Wildman–Crippen MR) is 132 cm³/mol. The fourth-order valence-electron chi connectivity index (χ4n) is 1.73. The van der Waals surface area contributed by atoms with Crippen molar-refractivity contribution < 1.29 is 41.5 Å². The SMILES string of the molecule is C.C.C.C.COC(C)(CC(=O)Nc1ccc(S(=O)(=O)O)cc1)C(C)=O.COC(C)C(C)=O.F. The van der Waals surface area contributed by atoms with Crippen LogP contribution in [0.1, 0.15) is 63.8 Å². The Bertz CT molecular complexity index is 797. The second-order valence-electron chi connectivity index (χ2n) is 6.20. The largest absolute Gasteiger partial charge is 0.374 e. The van der Waals surface area contributed by atoms with Gasteiger partial charge in [-0.3, -0.25) is 23.6 Å². The number of carbonyl (C=O) groups excluding carboxylic acids is 3. The first kappa shape index (κ1) is 44.5. The number of amides is 1. The minimum atomic E-state index is -4.27. The van der Waals surface area contributed by atoms with E-state index >= 15 is 0 Å². The summed E-state index contributed by atoms with van der Waals surface area (Å²) in [6.07, 6.45) is -0.404. The molecule has 33 heavy (non-hydrogen) atoms. The maximum Gasteiger partial charge on any atom is 0.294 e. The van der Waals surface area contributed by atoms with E-state index in [0.29, 0.717) is 5.69 Å². The van der Waals surface area contributed by atoms with Crippen molar-refractivity contribution in [3.63, 3.8) is 0 Å². The van der Waals surface area contributed by atoms with Crippen LogP contribution in [0.4, 0.5) is 10.4 Å². The lowest BCUT2D eigenvalue weighted by atomic mass is 9.97. The van der Waals surface area contributed by atoms with E-state index in [1.54, 1.807) is 6.92 Å². The molecule has 2 unspecified atom stereocenters. The zero-order valence-corrected chi connectivity index (χ0v) is 18.0. The number of ketones is 2. The number of methoxy groups -OCH3 is 2. The molecule has 0 aliphatic heterocycles. The van der Waals surface area contributed by atoms with E-state index in [1.807, 2.05) is 0 Å². The third-order valence-electron chi connectivity index (χ3n) is 4.06. The minimum Gasteiger partial charge on any atom is -0.374 e. The Kier molecular flexibility index (Phi) is 26.0. The number of ether oxygens (including phenoxy) is 2. The normalized spacial score (nSPS) is 12.0. The molecule has 2 N–H and O–H groups in total. The van der Waals surface area contributed by atoms with Crippen molar-refractivity contribution in [2.24, 2.45) is 0 Å². The van der Waals surface area contributed by atoms with Crippen molar-refractivity contribution in [1.29, 1.82) is 0 Å². The molecule has 1 aromatic rings. The zero-order chi connectivity index (χ0) is 22.1. The Labute approximate surface area is 199 Å². The number of Topliss-reactive ketones (excluding diaryl/α,β-unsaturated/α-hetero) is 2. The summed E-state index contributed by atoms with van der Waals surface area (Å²) in [4.78, 5) is 33.3. The van der Waals surface area contributed by atoms with Crippen LogP contribution in [-0.2, 0) is 34.0 Å². The van der Waals surface area contributed by atoms with Crippen LogP contribution in [0.15, 0.2) is 29.2 Å². The van der Waals surface area contributed by atoms with Crippen molar-refractivity contribution in [1.82, 2.24) is 0 Å². The predicted octanol–water partition coefficient (Wildman–Crippen LogP) is 4.56. The van der Waals surface area contributed by atoms with Crippen LogP contribution < -0.4 is 5.32 Å². The highest BCUT2D eigenvalue weighted by molar-refractivity contribution is 7.85. The second kappa shape index (κ2) is 19.3. The Morgan fingerprint density at radius 3 is 1.70 bits per heavy atom. The van der Waals surface area contributed by atoms with Gasteiger partial charge in [0.05, 0.1) is 11.3 Å². The number of benzene rings is 1. The van der Waals surface area contributed by atoms with Crippen LogP contribution in [0.2, 0.25) is 0 Å². The highest BCUT2D eigenvalue weighted by atomic mass is 32.2. The summed E-state index contributed by atoms with van der Waals surface area (Å²) in [7, 11) is -1.41. The molecule has 0 aliphatic rings. The monoisotopic (exact) mass is 501 g/mol. The highest BCUT2D eigenvalue weighted by Gasteiger charge is 2.32. The van der Waals surface area contributed by atoms with Crippen LogP contribution in [0, 0.1) is 0 Å². The van der Waals surface area contributed by atoms with Crippen molar-refractivity contribution in [3.05, 3.63) is 24.3 Å². The average molecular weight is 502 g/mol. The molecule has 198 valence electrons. The Hall–Kier alpha value is -2.21. The first-order valence-electron chi connectivity index (χ1n) is 8.23. The third kappa shape index (κ3) is 16.1. The molecule has 0 heterocycles. The minimum absolute atomic E-state index is 0. The number of hydrogen-bond donors (Lipinski definition) is 2. The first-order chi connectivity index (χ1) is 12.8. The van der Waals surface area contributed by atoms with Crippen molar-refractivity contribution in [2.75, 3.05) is 19.5 Å². The maximum atomic E-state index is 11.9. The lowest BCUT2D eigenvalue weighted by Crippen LogP contribution is -2.39. The molecule has 0 aliphatic carbocycles. The quantitative estimate of drug-likeness (QED) is 0.495. The van der Waals surface area contributed by atoms with Gasteiger partial charge in [-0.15, -0.1) is 0 Å². The van der Waals surface area contributed by atoms with Gasteiger partial charge in [-0.05, 0) is 52.0 Å². The molecule has 0 aromatic heterocycles. The molecule has 2 atom stereocenters. The van der Waals surface area contributed by atoms with Gasteiger partial charge in [0.1, 0.15) is 11.7 Å². The van der Waals surface area contributed by atoms with Gasteiger partial charge < -0.3 is 14.8 Å². The number of rotatable bonds is 8. The number of anilines is 1. The standard InChI is InChI=1S/C13H17NO6S.C5H10O2.4CH4.FH/c1-9(15)13(2,20-3)8-12(16)14-10-4-6-11(7-5-10)21(17,18)19;1-4(6)5(2)7-3;;;;;/h4-7H,8H2,1-3H3,(H,14,16)(H,17,18,19);5H,1-3H3;4*1H4;1H. The van der Waals surface area contributed by atoms with Gasteiger partial charge >= 0.3 is 0 Å². The fourth-order valence-corrected chi connectivity index (χ4v) is 2.21. The molecule has 11 heteroatoms. The first-order valence-corrected chi connectivity index (χ1v) is 9.67. The Morgan fingerprint density at radius 2 is 1.45 bits per heavy atom. The van der Waals surface area contributed by atoms with E-state index in [-0.39, 0.29) is 63.4 Å². The molecule has 0 bridgehead atoms. The molecular weight excluding hydrogens is 457 g/mol. The molecule has 0 saturated carbocycles. The summed E-state index contributed by atoms with van der Waals surface area (Å²) in [5.41, 5.74) is -0.868. The summed E-state index contributed by atoms with van der Waals surface area (Å²) in [5.74, 6) is -0.654. The summed E-state index contributed by atoms with van der Waals surface area (Å²) in [6, 6.07) is 4.98. The molecule has 0 radical (unpaired) electrons. The van der Waals surface area contributed by atoms with E-state index in [9.17, 15) is 22.8 Å². The van der Waals surface area contributed by atoms with E-state index in [0.717, 1.165) is 12.1 Å². The number of nitrogens with one attached hydrogen (secondary N) is 1. The van der Waals surface area contributed by atoms with Crippen LogP contribution in [-0.4, -0.2) is 56.4 Å². The smallest absolute Gasteiger partial charge is 0.294 e. The van der Waals surface area contributed by atoms with E-state index in [2.05, 4.69) is 10.1 Å². The average Bonchev–Trinajstić information content (AvgIpc) is 2.60. The number of carbonyl (C=O) groups is 3. The third-order valence-corrected chi connectivity index (χ3v) is 4.92. The molecule has 1 aromatic carbocycles. The summed E-state index contributed by atoms with van der Waals surface area (Å²) in [6.45, 7) is 6.07. The van der Waals surface area contributed by atoms with Crippen LogP contribution in [0.5, 0.6) is 0 Å².